The molecule has 1 unspecified atom stereocenters. The van der Waals surface area contributed by atoms with Gasteiger partial charge in [-0.15, -0.1) is 0 Å². The number of aryl methyl sites for hydroxylation is 1. The van der Waals surface area contributed by atoms with Gasteiger partial charge >= 0.3 is 6.18 Å². The van der Waals surface area contributed by atoms with Crippen molar-refractivity contribution in [1.82, 2.24) is 14.7 Å². The standard InChI is InChI=1S/C31H32F3N3O5/c1-18-25(27(39)37(35-18)20-9-7-6-8-10-20)30(31(32,33)34)26-21(16-29(2,3)17-22(26)38)36(28(30)40)14-13-19-11-12-23(41-4)24(15-19)42-5/h6-12,15,35H,13-14,16-17H2,1-5H3. The van der Waals surface area contributed by atoms with Crippen LogP contribution in [-0.2, 0) is 21.4 Å². The second kappa shape index (κ2) is 10.2. The molecule has 0 bridgehead atoms. The Morgan fingerprint density at radius 3 is 2.24 bits per heavy atom. The molecular weight excluding hydrogens is 551 g/mol. The van der Waals surface area contributed by atoms with Gasteiger partial charge in [0.15, 0.2) is 17.3 Å². The fraction of sp³-hybridized carbons (Fsp3) is 0.387. The Morgan fingerprint density at radius 2 is 1.62 bits per heavy atom. The monoisotopic (exact) mass is 583 g/mol. The number of para-hydroxylation sites is 1. The molecule has 2 heterocycles. The minimum Gasteiger partial charge on any atom is -0.493 e. The molecule has 0 saturated carbocycles. The topological polar surface area (TPSA) is 93.6 Å². The first-order valence-corrected chi connectivity index (χ1v) is 13.5. The molecule has 222 valence electrons. The number of nitrogens with one attached hydrogen (secondary N) is 1. The number of benzene rings is 2. The van der Waals surface area contributed by atoms with Gasteiger partial charge in [0.05, 0.1) is 25.5 Å². The molecule has 1 aliphatic carbocycles. The van der Waals surface area contributed by atoms with Gasteiger partial charge in [0, 0.05) is 29.9 Å². The lowest BCUT2D eigenvalue weighted by atomic mass is 9.66. The number of hydrogen-bond acceptors (Lipinski definition) is 5. The number of ether oxygens (including phenoxy) is 2. The van der Waals surface area contributed by atoms with Gasteiger partial charge in [-0.2, -0.15) is 13.2 Å². The minimum atomic E-state index is -5.28. The molecule has 1 N–H and O–H groups in total. The summed E-state index contributed by atoms with van der Waals surface area (Å²) in [6, 6.07) is 13.2. The highest BCUT2D eigenvalue weighted by molar-refractivity contribution is 6.13. The Hall–Kier alpha value is -4.28. The van der Waals surface area contributed by atoms with Gasteiger partial charge in [0.25, 0.3) is 11.5 Å². The van der Waals surface area contributed by atoms with Crippen LogP contribution in [0.2, 0.25) is 0 Å². The van der Waals surface area contributed by atoms with E-state index in [4.69, 9.17) is 9.47 Å². The summed E-state index contributed by atoms with van der Waals surface area (Å²) in [4.78, 5) is 42.8. The third-order valence-corrected chi connectivity index (χ3v) is 8.08. The molecule has 8 nitrogen and oxygen atoms in total. The number of aromatic amines is 1. The van der Waals surface area contributed by atoms with E-state index < -0.39 is 45.4 Å². The number of ketones is 1. The lowest BCUT2D eigenvalue weighted by Gasteiger charge is -2.35. The minimum absolute atomic E-state index is 0.0188. The number of carbonyl (C=O) groups is 2. The van der Waals surface area contributed by atoms with Crippen molar-refractivity contribution in [3.8, 4) is 17.2 Å². The Morgan fingerprint density at radius 1 is 0.952 bits per heavy atom. The van der Waals surface area contributed by atoms with E-state index in [-0.39, 0.29) is 37.2 Å². The Kier molecular flexibility index (Phi) is 7.11. The lowest BCUT2D eigenvalue weighted by Crippen LogP contribution is -2.55. The van der Waals surface area contributed by atoms with Crippen molar-refractivity contribution in [3.05, 3.63) is 87.0 Å². The summed E-state index contributed by atoms with van der Waals surface area (Å²) in [7, 11) is 2.96. The predicted octanol–water partition coefficient (Wildman–Crippen LogP) is 5.02. The average Bonchev–Trinajstić information content (AvgIpc) is 3.36. The second-order valence-electron chi connectivity index (χ2n) is 11.5. The Bertz CT molecular complexity index is 1650. The van der Waals surface area contributed by atoms with Crippen molar-refractivity contribution in [2.45, 2.75) is 51.6 Å². The van der Waals surface area contributed by atoms with Gasteiger partial charge in [-0.3, -0.25) is 19.5 Å². The number of alkyl halides is 3. The van der Waals surface area contributed by atoms with Crippen LogP contribution in [0.4, 0.5) is 13.2 Å². The molecule has 11 heteroatoms. The molecule has 2 aliphatic rings. The SMILES string of the molecule is COc1ccc(CCN2C(=O)C(c3c(C)[nH]n(-c4ccccc4)c3=O)(C(F)(F)F)C3=C2CC(C)(C)CC3=O)cc1OC. The van der Waals surface area contributed by atoms with Gasteiger partial charge in [-0.1, -0.05) is 38.1 Å². The quantitative estimate of drug-likeness (QED) is 0.422. The maximum Gasteiger partial charge on any atom is 0.411 e. The van der Waals surface area contributed by atoms with E-state index >= 15 is 13.2 Å². The maximum absolute atomic E-state index is 15.6. The zero-order valence-electron chi connectivity index (χ0n) is 24.0. The predicted molar refractivity (Wildman–Crippen MR) is 149 cm³/mol. The van der Waals surface area contributed by atoms with E-state index in [0.29, 0.717) is 22.7 Å². The number of Topliss-reactive ketones (excluding diaryl/α,β-unsaturated/α-hetero) is 1. The third kappa shape index (κ3) is 4.42. The van der Waals surface area contributed by atoms with Crippen LogP contribution >= 0.6 is 0 Å². The summed E-state index contributed by atoms with van der Waals surface area (Å²) >= 11 is 0. The smallest absolute Gasteiger partial charge is 0.411 e. The highest BCUT2D eigenvalue weighted by atomic mass is 19.4. The Balaban J connectivity index is 1.69. The van der Waals surface area contributed by atoms with Crippen LogP contribution in [0.1, 0.15) is 43.5 Å². The lowest BCUT2D eigenvalue weighted by molar-refractivity contribution is -0.189. The summed E-state index contributed by atoms with van der Waals surface area (Å²) in [5.74, 6) is -1.21. The second-order valence-corrected chi connectivity index (χ2v) is 11.5. The van der Waals surface area contributed by atoms with Gasteiger partial charge < -0.3 is 14.4 Å². The van der Waals surface area contributed by atoms with Crippen molar-refractivity contribution in [1.29, 1.82) is 0 Å². The molecule has 2 aromatic carbocycles. The normalized spacial score (nSPS) is 20.2. The van der Waals surface area contributed by atoms with Crippen molar-refractivity contribution < 1.29 is 32.2 Å². The van der Waals surface area contributed by atoms with Gasteiger partial charge in [-0.25, -0.2) is 4.68 Å². The van der Waals surface area contributed by atoms with Crippen LogP contribution in [0.25, 0.3) is 5.69 Å². The van der Waals surface area contributed by atoms with Gasteiger partial charge in [-0.05, 0) is 55.0 Å². The molecule has 1 aliphatic heterocycles. The van der Waals surface area contributed by atoms with Gasteiger partial charge in [0.2, 0.25) is 5.41 Å². The van der Waals surface area contributed by atoms with E-state index in [2.05, 4.69) is 5.10 Å². The molecular formula is C31H32F3N3O5. The highest BCUT2D eigenvalue weighted by Crippen LogP contribution is 2.57. The summed E-state index contributed by atoms with van der Waals surface area (Å²) in [5, 5.41) is 2.72. The van der Waals surface area contributed by atoms with Gasteiger partial charge in [0.1, 0.15) is 0 Å². The zero-order valence-corrected chi connectivity index (χ0v) is 24.0. The number of halogens is 3. The maximum atomic E-state index is 15.6. The number of nitrogens with zero attached hydrogens (tertiary/aromatic N) is 2. The molecule has 5 rings (SSSR count). The van der Waals surface area contributed by atoms with E-state index in [1.807, 2.05) is 0 Å². The fourth-order valence-corrected chi connectivity index (χ4v) is 6.27. The summed E-state index contributed by atoms with van der Waals surface area (Å²) in [6.07, 6.45) is -5.22. The summed E-state index contributed by atoms with van der Waals surface area (Å²) in [6.45, 7) is 4.75. The molecule has 1 amide bonds. The van der Waals surface area contributed by atoms with Crippen LogP contribution < -0.4 is 15.0 Å². The number of allylic oxidation sites excluding steroid dienone is 1. The highest BCUT2D eigenvalue weighted by Gasteiger charge is 2.73. The first kappa shape index (κ1) is 29.2. The third-order valence-electron chi connectivity index (χ3n) is 8.08. The number of hydrogen-bond donors (Lipinski definition) is 1. The summed E-state index contributed by atoms with van der Waals surface area (Å²) in [5.41, 5.74) is -5.71. The van der Waals surface area contributed by atoms with Crippen LogP contribution in [0, 0.1) is 12.3 Å². The number of methoxy groups -OCH3 is 2. The summed E-state index contributed by atoms with van der Waals surface area (Å²) < 4.78 is 58.3. The number of aromatic nitrogens is 2. The molecule has 1 atom stereocenters. The molecule has 3 aromatic rings. The van der Waals surface area contributed by atoms with Crippen LogP contribution in [0.5, 0.6) is 11.5 Å². The first-order chi connectivity index (χ1) is 19.8. The number of rotatable bonds is 7. The van der Waals surface area contributed by atoms with E-state index in [9.17, 15) is 14.4 Å². The van der Waals surface area contributed by atoms with Crippen molar-refractivity contribution in [2.75, 3.05) is 20.8 Å². The molecule has 0 saturated heterocycles. The fourth-order valence-electron chi connectivity index (χ4n) is 6.27. The van der Waals surface area contributed by atoms with Crippen molar-refractivity contribution >= 4 is 11.7 Å². The van der Waals surface area contributed by atoms with E-state index in [1.54, 1.807) is 62.4 Å². The Labute approximate surface area is 240 Å². The molecule has 1 aromatic heterocycles. The molecule has 0 spiro atoms. The molecule has 42 heavy (non-hydrogen) atoms. The number of amides is 1. The van der Waals surface area contributed by atoms with Crippen LogP contribution in [0.3, 0.4) is 0 Å². The van der Waals surface area contributed by atoms with Crippen molar-refractivity contribution in [2.24, 2.45) is 5.41 Å². The molecule has 0 radical (unpaired) electrons. The van der Waals surface area contributed by atoms with Crippen LogP contribution in [-0.4, -0.2) is 53.3 Å². The number of H-pyrrole nitrogens is 1. The van der Waals surface area contributed by atoms with E-state index in [0.717, 1.165) is 9.58 Å². The largest absolute Gasteiger partial charge is 0.493 e. The van der Waals surface area contributed by atoms with E-state index in [1.165, 1.54) is 21.1 Å². The number of carbonyl (C=O) groups excluding carboxylic acids is 2. The van der Waals surface area contributed by atoms with Crippen LogP contribution in [0.15, 0.2) is 64.6 Å². The molecule has 0 fully saturated rings. The van der Waals surface area contributed by atoms with Crippen molar-refractivity contribution in [3.63, 3.8) is 0 Å². The zero-order chi connectivity index (χ0) is 30.6. The average molecular weight is 584 g/mol. The first-order valence-electron chi connectivity index (χ1n) is 13.5.